The Morgan fingerprint density at radius 2 is 1.82 bits per heavy atom. The molecule has 34 heavy (non-hydrogen) atoms. The fourth-order valence-corrected chi connectivity index (χ4v) is 4.61. The fourth-order valence-electron chi connectivity index (χ4n) is 4.36. The number of carboxylic acids is 1. The van der Waals surface area contributed by atoms with Crippen molar-refractivity contribution in [2.24, 2.45) is 11.8 Å². The highest BCUT2D eigenvalue weighted by Gasteiger charge is 2.27. The zero-order valence-corrected chi connectivity index (χ0v) is 20.9. The number of aromatic nitrogens is 2. The van der Waals surface area contributed by atoms with Gasteiger partial charge in [0.25, 0.3) is 0 Å². The van der Waals surface area contributed by atoms with Crippen LogP contribution in [0.1, 0.15) is 79.7 Å². The number of Topliss-reactive ketones (excluding diaryl/α,β-unsaturated/α-hetero) is 1. The second kappa shape index (κ2) is 11.2. The van der Waals surface area contributed by atoms with Crippen molar-refractivity contribution in [3.05, 3.63) is 52.1 Å². The molecule has 1 saturated carbocycles. The normalized spacial score (nSPS) is 18.3. The predicted molar refractivity (Wildman–Crippen MR) is 132 cm³/mol. The highest BCUT2D eigenvalue weighted by atomic mass is 35.5. The Morgan fingerprint density at radius 3 is 2.41 bits per heavy atom. The zero-order valence-electron chi connectivity index (χ0n) is 20.1. The lowest BCUT2D eigenvalue weighted by molar-refractivity contribution is -0.143. The molecule has 7 heteroatoms. The van der Waals surface area contributed by atoms with Gasteiger partial charge in [0.05, 0.1) is 5.92 Å². The number of imidazole rings is 1. The van der Waals surface area contributed by atoms with Gasteiger partial charge in [0.15, 0.2) is 5.78 Å². The molecule has 0 atom stereocenters. The Hall–Kier alpha value is -2.62. The monoisotopic (exact) mass is 484 g/mol. The van der Waals surface area contributed by atoms with Gasteiger partial charge in [0.2, 0.25) is 5.28 Å². The summed E-state index contributed by atoms with van der Waals surface area (Å²) in [6.45, 7) is 5.68. The van der Waals surface area contributed by atoms with E-state index in [0.29, 0.717) is 50.3 Å². The molecule has 0 spiro atoms. The van der Waals surface area contributed by atoms with Gasteiger partial charge < -0.3 is 14.8 Å². The van der Waals surface area contributed by atoms with Crippen LogP contribution in [0.25, 0.3) is 0 Å². The molecule has 0 bridgehead atoms. The number of aryl methyl sites for hydroxylation is 2. The third-order valence-electron chi connectivity index (χ3n) is 6.39. The summed E-state index contributed by atoms with van der Waals surface area (Å²) in [5.74, 6) is 4.86. The van der Waals surface area contributed by atoms with Gasteiger partial charge >= 0.3 is 5.97 Å². The van der Waals surface area contributed by atoms with E-state index in [2.05, 4.69) is 41.1 Å². The first-order chi connectivity index (χ1) is 16.0. The third-order valence-corrected chi connectivity index (χ3v) is 6.68. The van der Waals surface area contributed by atoms with E-state index in [1.165, 1.54) is 5.56 Å². The summed E-state index contributed by atoms with van der Waals surface area (Å²) in [4.78, 5) is 28.9. The van der Waals surface area contributed by atoms with Crippen LogP contribution in [0.4, 0.5) is 0 Å². The molecule has 1 aliphatic carbocycles. The Kier molecular flexibility index (Phi) is 8.57. The molecule has 0 amide bonds. The largest absolute Gasteiger partial charge is 0.481 e. The molecule has 3 rings (SSSR count). The van der Waals surface area contributed by atoms with Crippen LogP contribution in [-0.4, -0.2) is 37.1 Å². The molecule has 0 aliphatic heterocycles. The average Bonchev–Trinajstić information content (AvgIpc) is 3.10. The number of hydrogen-bond donors (Lipinski definition) is 2. The van der Waals surface area contributed by atoms with Gasteiger partial charge in [-0.2, -0.15) is 0 Å². The summed E-state index contributed by atoms with van der Waals surface area (Å²) < 4.78 is 1.72. The van der Waals surface area contributed by atoms with E-state index in [1.54, 1.807) is 18.4 Å². The van der Waals surface area contributed by atoms with Crippen molar-refractivity contribution in [2.75, 3.05) is 0 Å². The second-order valence-electron chi connectivity index (χ2n) is 9.79. The Morgan fingerprint density at radius 1 is 1.18 bits per heavy atom. The molecule has 0 unspecified atom stereocenters. The molecular formula is C27H33ClN2O4. The minimum absolute atomic E-state index is 0.0799. The number of ketones is 1. The van der Waals surface area contributed by atoms with Crippen LogP contribution in [0.3, 0.4) is 0 Å². The minimum atomic E-state index is -1.22. The van der Waals surface area contributed by atoms with Crippen LogP contribution < -0.4 is 0 Å². The summed E-state index contributed by atoms with van der Waals surface area (Å²) in [5, 5.41) is 19.4. The average molecular weight is 485 g/mol. The summed E-state index contributed by atoms with van der Waals surface area (Å²) >= 11 is 6.44. The van der Waals surface area contributed by atoms with Gasteiger partial charge in [-0.05, 0) is 88.3 Å². The van der Waals surface area contributed by atoms with Gasteiger partial charge in [-0.25, -0.2) is 4.98 Å². The number of benzene rings is 1. The zero-order chi connectivity index (χ0) is 24.9. The van der Waals surface area contributed by atoms with E-state index in [4.69, 9.17) is 11.6 Å². The summed E-state index contributed by atoms with van der Waals surface area (Å²) in [6.07, 6.45) is 4.68. The standard InChI is InChI=1S/C27H33ClN2O4/c1-18-4-6-20(7-5-18)15-17-30-24(22(29-26(30)28)14-16-27(2,3)34)23(31)13-10-19-8-11-21(12-9-19)25(32)33/h4-7,19,21,34H,8-13,15,17H2,1-3H3,(H,32,33). The number of carbonyl (C=O) groups is 2. The van der Waals surface area contributed by atoms with Crippen LogP contribution in [0, 0.1) is 30.6 Å². The molecule has 0 saturated heterocycles. The Bertz CT molecular complexity index is 1080. The van der Waals surface area contributed by atoms with E-state index in [9.17, 15) is 19.8 Å². The Balaban J connectivity index is 1.77. The van der Waals surface area contributed by atoms with Gasteiger partial charge in [-0.1, -0.05) is 35.7 Å². The van der Waals surface area contributed by atoms with E-state index >= 15 is 0 Å². The lowest BCUT2D eigenvalue weighted by atomic mass is 9.79. The first-order valence-corrected chi connectivity index (χ1v) is 12.2. The number of nitrogens with zero attached hydrogens (tertiary/aromatic N) is 2. The highest BCUT2D eigenvalue weighted by Crippen LogP contribution is 2.32. The first kappa shape index (κ1) is 26.0. The van der Waals surface area contributed by atoms with Gasteiger partial charge in [-0.15, -0.1) is 0 Å². The molecule has 1 aliphatic rings. The van der Waals surface area contributed by atoms with Crippen molar-refractivity contribution in [1.82, 2.24) is 9.55 Å². The number of aliphatic hydroxyl groups is 1. The Labute approximate surface area is 206 Å². The molecule has 182 valence electrons. The molecule has 1 fully saturated rings. The van der Waals surface area contributed by atoms with Crippen LogP contribution >= 0.6 is 11.6 Å². The SMILES string of the molecule is Cc1ccc(CCn2c(Cl)nc(C#CC(C)(C)O)c2C(=O)CCC2CCC(C(=O)O)CC2)cc1. The van der Waals surface area contributed by atoms with Gasteiger partial charge in [0, 0.05) is 13.0 Å². The molecule has 0 radical (unpaired) electrons. The summed E-state index contributed by atoms with van der Waals surface area (Å²) in [5.41, 5.74) is 1.76. The van der Waals surface area contributed by atoms with E-state index in [1.807, 2.05) is 6.92 Å². The van der Waals surface area contributed by atoms with Crippen molar-refractivity contribution in [1.29, 1.82) is 0 Å². The third kappa shape index (κ3) is 7.19. The lowest BCUT2D eigenvalue weighted by Gasteiger charge is -2.25. The lowest BCUT2D eigenvalue weighted by Crippen LogP contribution is -2.22. The maximum absolute atomic E-state index is 13.4. The van der Waals surface area contributed by atoms with Gasteiger partial charge in [-0.3, -0.25) is 9.59 Å². The summed E-state index contributed by atoms with van der Waals surface area (Å²) in [7, 11) is 0. The fraction of sp³-hybridized carbons (Fsp3) is 0.519. The number of halogens is 1. The molecular weight excluding hydrogens is 452 g/mol. The molecule has 6 nitrogen and oxygen atoms in total. The molecule has 2 aromatic rings. The summed E-state index contributed by atoms with van der Waals surface area (Å²) in [6, 6.07) is 8.22. The molecule has 1 heterocycles. The van der Waals surface area contributed by atoms with Crippen LogP contribution in [-0.2, 0) is 17.8 Å². The molecule has 1 aromatic carbocycles. The second-order valence-corrected chi connectivity index (χ2v) is 10.1. The molecule has 1 aromatic heterocycles. The maximum Gasteiger partial charge on any atom is 0.306 e. The smallest absolute Gasteiger partial charge is 0.306 e. The van der Waals surface area contributed by atoms with E-state index in [0.717, 1.165) is 18.4 Å². The van der Waals surface area contributed by atoms with Crippen molar-refractivity contribution >= 4 is 23.4 Å². The van der Waals surface area contributed by atoms with Crippen molar-refractivity contribution in [3.63, 3.8) is 0 Å². The maximum atomic E-state index is 13.4. The van der Waals surface area contributed by atoms with Crippen molar-refractivity contribution in [2.45, 2.75) is 77.9 Å². The topological polar surface area (TPSA) is 92.4 Å². The predicted octanol–water partition coefficient (Wildman–Crippen LogP) is 5.06. The van der Waals surface area contributed by atoms with Crippen molar-refractivity contribution in [3.8, 4) is 11.8 Å². The number of carbonyl (C=O) groups excluding carboxylic acids is 1. The minimum Gasteiger partial charge on any atom is -0.481 e. The van der Waals surface area contributed by atoms with E-state index < -0.39 is 11.6 Å². The quantitative estimate of drug-likeness (QED) is 0.403. The van der Waals surface area contributed by atoms with Gasteiger partial charge in [0.1, 0.15) is 17.0 Å². The van der Waals surface area contributed by atoms with Crippen molar-refractivity contribution < 1.29 is 19.8 Å². The molecule has 2 N–H and O–H groups in total. The number of carboxylic acid groups (broad SMARTS) is 1. The highest BCUT2D eigenvalue weighted by molar-refractivity contribution is 6.29. The van der Waals surface area contributed by atoms with Crippen LogP contribution in [0.5, 0.6) is 0 Å². The van der Waals surface area contributed by atoms with Crippen LogP contribution in [0.2, 0.25) is 5.28 Å². The number of hydrogen-bond acceptors (Lipinski definition) is 4. The first-order valence-electron chi connectivity index (χ1n) is 11.9. The number of rotatable bonds is 8. The number of aliphatic carboxylic acids is 1. The van der Waals surface area contributed by atoms with Crippen LogP contribution in [0.15, 0.2) is 24.3 Å². The van der Waals surface area contributed by atoms with E-state index in [-0.39, 0.29) is 22.7 Å².